The summed E-state index contributed by atoms with van der Waals surface area (Å²) in [5.41, 5.74) is 2.51. The van der Waals surface area contributed by atoms with Crippen molar-refractivity contribution >= 4 is 0 Å². The molecule has 1 unspecified atom stereocenters. The number of nitrogens with zero attached hydrogens (tertiary/aromatic N) is 2. The third kappa shape index (κ3) is 1.69. The van der Waals surface area contributed by atoms with Gasteiger partial charge in [-0.25, -0.2) is 0 Å². The third-order valence-corrected chi connectivity index (χ3v) is 2.86. The second kappa shape index (κ2) is 3.73. The fourth-order valence-electron chi connectivity index (χ4n) is 2.11. The highest BCUT2D eigenvalue weighted by Crippen LogP contribution is 2.23. The molecular formula is C11H19N3. The van der Waals surface area contributed by atoms with Gasteiger partial charge in [0.15, 0.2) is 0 Å². The van der Waals surface area contributed by atoms with Crippen molar-refractivity contribution in [2.45, 2.75) is 39.2 Å². The molecule has 1 atom stereocenters. The highest BCUT2D eigenvalue weighted by Gasteiger charge is 2.21. The second-order valence-corrected chi connectivity index (χ2v) is 4.46. The quantitative estimate of drug-likeness (QED) is 0.777. The van der Waals surface area contributed by atoms with Gasteiger partial charge in [-0.2, -0.15) is 5.10 Å². The van der Waals surface area contributed by atoms with Gasteiger partial charge < -0.3 is 5.32 Å². The number of aromatic nitrogens is 2. The zero-order valence-electron chi connectivity index (χ0n) is 9.25. The molecule has 0 radical (unpaired) electrons. The van der Waals surface area contributed by atoms with Crippen LogP contribution >= 0.6 is 0 Å². The molecule has 1 aliphatic heterocycles. The molecule has 2 rings (SSSR count). The number of nitrogens with one attached hydrogen (secondary N) is 1. The molecule has 1 N–H and O–H groups in total. The van der Waals surface area contributed by atoms with Crippen molar-refractivity contribution in [2.24, 2.45) is 0 Å². The summed E-state index contributed by atoms with van der Waals surface area (Å²) < 4.78 is 2.22. The topological polar surface area (TPSA) is 29.9 Å². The monoisotopic (exact) mass is 193 g/mol. The van der Waals surface area contributed by atoms with Crippen LogP contribution in [0.5, 0.6) is 0 Å². The number of rotatable bonds is 2. The summed E-state index contributed by atoms with van der Waals surface area (Å²) in [6.45, 7) is 8.73. The summed E-state index contributed by atoms with van der Waals surface area (Å²) >= 11 is 0. The van der Waals surface area contributed by atoms with Gasteiger partial charge in [0.05, 0.1) is 11.7 Å². The first-order chi connectivity index (χ1) is 6.68. The zero-order chi connectivity index (χ0) is 10.1. The lowest BCUT2D eigenvalue weighted by Crippen LogP contribution is -2.17. The highest BCUT2D eigenvalue weighted by atomic mass is 15.3. The molecule has 78 valence electrons. The van der Waals surface area contributed by atoms with Crippen LogP contribution in [0.25, 0.3) is 0 Å². The van der Waals surface area contributed by atoms with Crippen molar-refractivity contribution in [2.75, 3.05) is 13.1 Å². The van der Waals surface area contributed by atoms with Crippen LogP contribution < -0.4 is 5.32 Å². The molecular weight excluding hydrogens is 174 g/mol. The van der Waals surface area contributed by atoms with Crippen LogP contribution in [0.4, 0.5) is 0 Å². The van der Waals surface area contributed by atoms with Gasteiger partial charge in [0.25, 0.3) is 0 Å². The largest absolute Gasteiger partial charge is 0.315 e. The van der Waals surface area contributed by atoms with E-state index < -0.39 is 0 Å². The predicted molar refractivity (Wildman–Crippen MR) is 57.6 cm³/mol. The molecule has 14 heavy (non-hydrogen) atoms. The Morgan fingerprint density at radius 3 is 2.93 bits per heavy atom. The standard InChI is InChI=1S/C11H19N3/c1-8(2)11-6-9(3)13-14(11)10-4-5-12-7-10/h6,8,10,12H,4-5,7H2,1-3H3. The minimum absolute atomic E-state index is 0.566. The van der Waals surface area contributed by atoms with E-state index in [9.17, 15) is 0 Å². The smallest absolute Gasteiger partial charge is 0.0659 e. The summed E-state index contributed by atoms with van der Waals surface area (Å²) in [5.74, 6) is 0.566. The minimum atomic E-state index is 0.566. The Hall–Kier alpha value is -0.830. The van der Waals surface area contributed by atoms with Gasteiger partial charge in [-0.15, -0.1) is 0 Å². The summed E-state index contributed by atoms with van der Waals surface area (Å²) in [6, 6.07) is 2.78. The van der Waals surface area contributed by atoms with E-state index in [0.29, 0.717) is 12.0 Å². The molecule has 0 aliphatic carbocycles. The molecule has 0 aromatic carbocycles. The average molecular weight is 193 g/mol. The first kappa shape index (κ1) is 9.71. The molecule has 2 heterocycles. The zero-order valence-corrected chi connectivity index (χ0v) is 9.25. The Morgan fingerprint density at radius 2 is 2.36 bits per heavy atom. The molecule has 3 nitrogen and oxygen atoms in total. The van der Waals surface area contributed by atoms with Gasteiger partial charge in [0.2, 0.25) is 0 Å². The Bertz CT molecular complexity index is 308. The van der Waals surface area contributed by atoms with Gasteiger partial charge in [0.1, 0.15) is 0 Å². The Morgan fingerprint density at radius 1 is 1.57 bits per heavy atom. The number of hydrogen-bond donors (Lipinski definition) is 1. The summed E-state index contributed by atoms with van der Waals surface area (Å²) in [5, 5.41) is 7.98. The van der Waals surface area contributed by atoms with Crippen molar-refractivity contribution in [3.63, 3.8) is 0 Å². The predicted octanol–water partition coefficient (Wildman–Crippen LogP) is 1.85. The van der Waals surface area contributed by atoms with E-state index in [2.05, 4.69) is 41.9 Å². The maximum absolute atomic E-state index is 4.59. The lowest BCUT2D eigenvalue weighted by atomic mass is 10.1. The van der Waals surface area contributed by atoms with Gasteiger partial charge in [0, 0.05) is 12.2 Å². The van der Waals surface area contributed by atoms with Gasteiger partial charge in [-0.1, -0.05) is 13.8 Å². The molecule has 0 spiro atoms. The maximum Gasteiger partial charge on any atom is 0.0659 e. The Labute approximate surface area is 85.5 Å². The number of hydrogen-bond acceptors (Lipinski definition) is 2. The number of aryl methyl sites for hydroxylation is 1. The summed E-state index contributed by atoms with van der Waals surface area (Å²) in [6.07, 6.45) is 1.21. The molecule has 3 heteroatoms. The lowest BCUT2D eigenvalue weighted by Gasteiger charge is -2.15. The third-order valence-electron chi connectivity index (χ3n) is 2.86. The second-order valence-electron chi connectivity index (χ2n) is 4.46. The molecule has 0 saturated carbocycles. The first-order valence-electron chi connectivity index (χ1n) is 5.45. The minimum Gasteiger partial charge on any atom is -0.315 e. The van der Waals surface area contributed by atoms with E-state index >= 15 is 0 Å². The molecule has 0 amide bonds. The van der Waals surface area contributed by atoms with E-state index in [4.69, 9.17) is 0 Å². The highest BCUT2D eigenvalue weighted by molar-refractivity contribution is 5.13. The Kier molecular flexibility index (Phi) is 2.59. The van der Waals surface area contributed by atoms with E-state index in [1.54, 1.807) is 0 Å². The van der Waals surface area contributed by atoms with Gasteiger partial charge in [-0.3, -0.25) is 4.68 Å². The van der Waals surface area contributed by atoms with E-state index in [0.717, 1.165) is 18.8 Å². The van der Waals surface area contributed by atoms with E-state index in [1.165, 1.54) is 12.1 Å². The summed E-state index contributed by atoms with van der Waals surface area (Å²) in [7, 11) is 0. The molecule has 1 saturated heterocycles. The fraction of sp³-hybridized carbons (Fsp3) is 0.727. The molecule has 1 aromatic heterocycles. The van der Waals surface area contributed by atoms with E-state index in [-0.39, 0.29) is 0 Å². The van der Waals surface area contributed by atoms with Crippen LogP contribution in [0.1, 0.15) is 43.6 Å². The average Bonchev–Trinajstić information content (AvgIpc) is 2.70. The summed E-state index contributed by atoms with van der Waals surface area (Å²) in [4.78, 5) is 0. The van der Waals surface area contributed by atoms with Crippen molar-refractivity contribution in [3.8, 4) is 0 Å². The normalized spacial score (nSPS) is 22.1. The van der Waals surface area contributed by atoms with Gasteiger partial charge in [-0.05, 0) is 31.9 Å². The molecule has 1 aromatic rings. The lowest BCUT2D eigenvalue weighted by molar-refractivity contribution is 0.461. The van der Waals surface area contributed by atoms with Crippen molar-refractivity contribution in [3.05, 3.63) is 17.5 Å². The van der Waals surface area contributed by atoms with Crippen molar-refractivity contribution in [1.29, 1.82) is 0 Å². The van der Waals surface area contributed by atoms with E-state index in [1.807, 2.05) is 0 Å². The first-order valence-corrected chi connectivity index (χ1v) is 5.45. The van der Waals surface area contributed by atoms with Crippen LogP contribution in [0, 0.1) is 6.92 Å². The fourth-order valence-corrected chi connectivity index (χ4v) is 2.11. The van der Waals surface area contributed by atoms with Crippen molar-refractivity contribution < 1.29 is 0 Å². The SMILES string of the molecule is Cc1cc(C(C)C)n(C2CCNC2)n1. The van der Waals surface area contributed by atoms with Crippen LogP contribution in [-0.4, -0.2) is 22.9 Å². The van der Waals surface area contributed by atoms with Crippen molar-refractivity contribution in [1.82, 2.24) is 15.1 Å². The van der Waals surface area contributed by atoms with Gasteiger partial charge >= 0.3 is 0 Å². The van der Waals surface area contributed by atoms with Crippen LogP contribution in [0.3, 0.4) is 0 Å². The maximum atomic E-state index is 4.59. The molecule has 0 bridgehead atoms. The van der Waals surface area contributed by atoms with Crippen LogP contribution in [0.15, 0.2) is 6.07 Å². The molecule has 1 fully saturated rings. The Balaban J connectivity index is 2.30. The van der Waals surface area contributed by atoms with Crippen LogP contribution in [-0.2, 0) is 0 Å². The van der Waals surface area contributed by atoms with Crippen LogP contribution in [0.2, 0.25) is 0 Å². The molecule has 1 aliphatic rings.